The number of nitrogens with two attached hydrogens (primary N) is 1. The van der Waals surface area contributed by atoms with Crippen molar-refractivity contribution in [1.82, 2.24) is 25.2 Å². The maximum atomic E-state index is 16.6. The van der Waals surface area contributed by atoms with Gasteiger partial charge in [0.2, 0.25) is 5.88 Å². The van der Waals surface area contributed by atoms with Crippen LogP contribution in [0.4, 0.5) is 31.5 Å². The van der Waals surface area contributed by atoms with Gasteiger partial charge in [0.05, 0.1) is 33.3 Å². The van der Waals surface area contributed by atoms with Gasteiger partial charge < -0.3 is 25.6 Å². The molecule has 0 spiro atoms. The predicted octanol–water partition coefficient (Wildman–Crippen LogP) is 4.84. The summed E-state index contributed by atoms with van der Waals surface area (Å²) in [5.74, 6) is -2.46. The van der Waals surface area contributed by atoms with Crippen molar-refractivity contribution in [3.8, 4) is 23.0 Å². The van der Waals surface area contributed by atoms with Gasteiger partial charge in [0.15, 0.2) is 10.9 Å². The molecule has 0 saturated carbocycles. The molecule has 240 valence electrons. The largest absolute Gasteiger partial charge is 0.472 e. The smallest absolute Gasteiger partial charge is 0.417 e. The summed E-state index contributed by atoms with van der Waals surface area (Å²) in [6.07, 6.45) is -4.63. The molecule has 4 N–H and O–H groups in total. The Bertz CT molecular complexity index is 1790. The van der Waals surface area contributed by atoms with E-state index in [-0.39, 0.29) is 77.0 Å². The van der Waals surface area contributed by atoms with Crippen molar-refractivity contribution in [2.24, 2.45) is 0 Å². The summed E-state index contributed by atoms with van der Waals surface area (Å²) >= 11 is 0.729. The molecule has 7 rings (SSSR count). The summed E-state index contributed by atoms with van der Waals surface area (Å²) in [6, 6.07) is 2.00. The number of hydrogen-bond acceptors (Lipinski definition) is 10. The number of hydrogen-bond donors (Lipinski definition) is 3. The van der Waals surface area contributed by atoms with E-state index in [0.29, 0.717) is 25.5 Å². The number of fused-ring (bicyclic) bond motifs is 3. The number of aliphatic hydroxyl groups excluding tert-OH is 1. The second-order valence-electron chi connectivity index (χ2n) is 11.8. The van der Waals surface area contributed by atoms with Gasteiger partial charge in [-0.3, -0.25) is 4.90 Å². The SMILES string of the molecule is Nc1nc2c(-c3c(C(F)(F)F)cc4c(OC5CNC(CO)C5)nc(OCC56CCCN5CC(F)C6)nc4c3F)ccc(F)c2s1. The van der Waals surface area contributed by atoms with Crippen molar-refractivity contribution >= 4 is 37.6 Å². The van der Waals surface area contributed by atoms with Gasteiger partial charge >= 0.3 is 12.2 Å². The first-order chi connectivity index (χ1) is 21.5. The van der Waals surface area contributed by atoms with Crippen molar-refractivity contribution in [1.29, 1.82) is 0 Å². The lowest BCUT2D eigenvalue weighted by Crippen LogP contribution is -2.43. The molecule has 0 radical (unpaired) electrons. The fraction of sp³-hybridized carbons (Fsp3) is 0.483. The number of ether oxygens (including phenoxy) is 2. The van der Waals surface area contributed by atoms with Gasteiger partial charge in [0.1, 0.15) is 30.2 Å². The molecule has 45 heavy (non-hydrogen) atoms. The van der Waals surface area contributed by atoms with Gasteiger partial charge in [0, 0.05) is 43.1 Å². The third-order valence-corrected chi connectivity index (χ3v) is 9.77. The Kier molecular flexibility index (Phi) is 7.45. The molecule has 4 aromatic rings. The summed E-state index contributed by atoms with van der Waals surface area (Å²) in [7, 11) is 0. The Labute approximate surface area is 256 Å². The Morgan fingerprint density at radius 1 is 1.18 bits per heavy atom. The number of nitrogens with zero attached hydrogens (tertiary/aromatic N) is 4. The molecule has 9 nitrogen and oxygen atoms in total. The highest BCUT2D eigenvalue weighted by Crippen LogP contribution is 2.46. The number of nitrogens with one attached hydrogen (secondary N) is 1. The zero-order chi connectivity index (χ0) is 31.7. The van der Waals surface area contributed by atoms with Crippen molar-refractivity contribution in [2.75, 3.05) is 38.6 Å². The molecule has 2 aromatic carbocycles. The zero-order valence-electron chi connectivity index (χ0n) is 23.6. The molecule has 2 aromatic heterocycles. The molecule has 3 saturated heterocycles. The molecule has 0 aliphatic carbocycles. The van der Waals surface area contributed by atoms with Crippen LogP contribution in [0.2, 0.25) is 0 Å². The van der Waals surface area contributed by atoms with Crippen LogP contribution in [0.25, 0.3) is 32.2 Å². The number of aromatic nitrogens is 3. The van der Waals surface area contributed by atoms with Crippen LogP contribution >= 0.6 is 11.3 Å². The summed E-state index contributed by atoms with van der Waals surface area (Å²) < 4.78 is 101. The average molecular weight is 655 g/mol. The Hall–Kier alpha value is -3.47. The number of rotatable bonds is 7. The van der Waals surface area contributed by atoms with Crippen LogP contribution in [0, 0.1) is 11.6 Å². The molecule has 3 aliphatic heterocycles. The molecule has 0 bridgehead atoms. The van der Waals surface area contributed by atoms with Crippen LogP contribution in [0.3, 0.4) is 0 Å². The first-order valence-corrected chi connectivity index (χ1v) is 15.3. The summed E-state index contributed by atoms with van der Waals surface area (Å²) in [5.41, 5.74) is 1.83. The van der Waals surface area contributed by atoms with E-state index >= 15 is 4.39 Å². The molecule has 16 heteroatoms. The second-order valence-corrected chi connectivity index (χ2v) is 12.8. The van der Waals surface area contributed by atoms with Crippen molar-refractivity contribution in [2.45, 2.75) is 55.7 Å². The first-order valence-electron chi connectivity index (χ1n) is 14.4. The molecule has 3 aliphatic rings. The zero-order valence-corrected chi connectivity index (χ0v) is 24.5. The Balaban J connectivity index is 1.39. The highest BCUT2D eigenvalue weighted by Gasteiger charge is 2.49. The van der Waals surface area contributed by atoms with E-state index in [1.54, 1.807) is 0 Å². The van der Waals surface area contributed by atoms with E-state index in [9.17, 15) is 27.1 Å². The fourth-order valence-corrected chi connectivity index (χ4v) is 7.60. The van der Waals surface area contributed by atoms with Gasteiger partial charge in [0.25, 0.3) is 0 Å². The number of aliphatic hydroxyl groups is 1. The lowest BCUT2D eigenvalue weighted by Gasteiger charge is -2.30. The lowest BCUT2D eigenvalue weighted by atomic mass is 9.95. The number of thiazole rings is 1. The third kappa shape index (κ3) is 5.30. The minimum Gasteiger partial charge on any atom is -0.472 e. The Morgan fingerprint density at radius 3 is 2.76 bits per heavy atom. The maximum absolute atomic E-state index is 16.6. The number of alkyl halides is 4. The predicted molar refractivity (Wildman–Crippen MR) is 154 cm³/mol. The lowest BCUT2D eigenvalue weighted by molar-refractivity contribution is -0.137. The highest BCUT2D eigenvalue weighted by atomic mass is 32.1. The minimum atomic E-state index is -5.06. The number of nitrogen functional groups attached to an aromatic ring is 1. The molecule has 4 atom stereocenters. The summed E-state index contributed by atoms with van der Waals surface area (Å²) in [6.45, 7) is 1.03. The topological polar surface area (TPSA) is 119 Å². The van der Waals surface area contributed by atoms with E-state index < -0.39 is 52.3 Å². The maximum Gasteiger partial charge on any atom is 0.417 e. The normalized spacial score (nSPS) is 25.4. The van der Waals surface area contributed by atoms with Crippen molar-refractivity contribution in [3.63, 3.8) is 0 Å². The van der Waals surface area contributed by atoms with E-state index in [1.165, 1.54) is 0 Å². The quantitative estimate of drug-likeness (QED) is 0.241. The van der Waals surface area contributed by atoms with Gasteiger partial charge in [-0.1, -0.05) is 11.3 Å². The monoisotopic (exact) mass is 654 g/mol. The number of benzene rings is 2. The van der Waals surface area contributed by atoms with Crippen LogP contribution in [-0.2, 0) is 6.18 Å². The van der Waals surface area contributed by atoms with Crippen molar-refractivity contribution < 1.29 is 40.9 Å². The molecule has 3 fully saturated rings. The van der Waals surface area contributed by atoms with Gasteiger partial charge in [-0.05, 0) is 37.6 Å². The van der Waals surface area contributed by atoms with Crippen LogP contribution in [0.5, 0.6) is 11.9 Å². The van der Waals surface area contributed by atoms with Gasteiger partial charge in [-0.15, -0.1) is 0 Å². The number of anilines is 1. The van der Waals surface area contributed by atoms with Crippen LogP contribution in [0.1, 0.15) is 31.2 Å². The standard InChI is InChI=1S/C29H28F6N6O3S/c30-13-8-28(4-1-5-41(28)10-13)12-43-27-39-22-17(25(40-27)44-15-6-14(11-42)37-9-15)7-18(29(33,34)35)20(21(22)32)16-2-3-19(31)24-23(16)38-26(36)45-24/h2-3,7,13-15,37,42H,1,4-6,8-12H2,(H2,36,38). The van der Waals surface area contributed by atoms with Crippen LogP contribution in [0.15, 0.2) is 18.2 Å². The minimum absolute atomic E-state index is 0.0122. The molecular formula is C29H28F6N6O3S. The van der Waals surface area contributed by atoms with Gasteiger partial charge in [-0.2, -0.15) is 23.1 Å². The van der Waals surface area contributed by atoms with Gasteiger partial charge in [-0.25, -0.2) is 18.2 Å². The third-order valence-electron chi connectivity index (χ3n) is 8.87. The van der Waals surface area contributed by atoms with E-state index in [0.717, 1.165) is 29.9 Å². The Morgan fingerprint density at radius 2 is 2.00 bits per heavy atom. The van der Waals surface area contributed by atoms with Crippen LogP contribution < -0.4 is 20.5 Å². The average Bonchev–Trinajstić information content (AvgIpc) is 3.76. The summed E-state index contributed by atoms with van der Waals surface area (Å²) in [4.78, 5) is 14.5. The molecule has 5 heterocycles. The highest BCUT2D eigenvalue weighted by molar-refractivity contribution is 7.22. The van der Waals surface area contributed by atoms with E-state index in [2.05, 4.69) is 20.3 Å². The van der Waals surface area contributed by atoms with Crippen LogP contribution in [-0.4, -0.2) is 81.7 Å². The van der Waals surface area contributed by atoms with E-state index in [4.69, 9.17) is 15.2 Å². The first kappa shape index (κ1) is 30.2. The van der Waals surface area contributed by atoms with E-state index in [1.807, 2.05) is 4.90 Å². The molecule has 0 amide bonds. The fourth-order valence-electron chi connectivity index (χ4n) is 6.83. The summed E-state index contributed by atoms with van der Waals surface area (Å²) in [5, 5.41) is 12.1. The molecular weight excluding hydrogens is 626 g/mol. The molecule has 4 unspecified atom stereocenters. The van der Waals surface area contributed by atoms with Crippen molar-refractivity contribution in [3.05, 3.63) is 35.4 Å². The number of halogens is 6. The second kappa shape index (κ2) is 11.1.